The van der Waals surface area contributed by atoms with E-state index in [1.165, 1.54) is 19.3 Å². The van der Waals surface area contributed by atoms with Gasteiger partial charge in [-0.3, -0.25) is 4.79 Å². The van der Waals surface area contributed by atoms with E-state index in [9.17, 15) is 4.79 Å². The van der Waals surface area contributed by atoms with Crippen LogP contribution in [0.1, 0.15) is 51.4 Å². The highest BCUT2D eigenvalue weighted by molar-refractivity contribution is 5.66. The van der Waals surface area contributed by atoms with Gasteiger partial charge in [0.05, 0.1) is 0 Å². The summed E-state index contributed by atoms with van der Waals surface area (Å²) < 4.78 is 0. The van der Waals surface area contributed by atoms with E-state index in [1.54, 1.807) is 0 Å². The Kier molecular flexibility index (Phi) is 6.62. The largest absolute Gasteiger partial charge is 0.481 e. The lowest BCUT2D eigenvalue weighted by Gasteiger charge is -2.03. The molecule has 1 rings (SSSR count). The van der Waals surface area contributed by atoms with Crippen LogP contribution in [0.2, 0.25) is 0 Å². The summed E-state index contributed by atoms with van der Waals surface area (Å²) in [6, 6.07) is 0. The van der Waals surface area contributed by atoms with Crippen LogP contribution in [0.15, 0.2) is 24.3 Å². The standard InChI is InChI=1S/C14H22O2/c15-14(16)12-6-4-2-1-3-5-9-13-10-7-8-11-13/h1,3,7,10,13H,2,4-6,8-9,11-12H2,(H,15,16)/t13-/m0/s1. The highest BCUT2D eigenvalue weighted by Gasteiger charge is 2.06. The van der Waals surface area contributed by atoms with Crippen LogP contribution in [0, 0.1) is 5.92 Å². The topological polar surface area (TPSA) is 37.3 Å². The molecule has 0 aliphatic heterocycles. The minimum Gasteiger partial charge on any atom is -0.481 e. The molecule has 0 radical (unpaired) electrons. The Hall–Kier alpha value is -1.05. The number of hydrogen-bond acceptors (Lipinski definition) is 1. The normalized spacial score (nSPS) is 19.6. The lowest BCUT2D eigenvalue weighted by molar-refractivity contribution is -0.137. The Bertz CT molecular complexity index is 253. The molecule has 0 aromatic carbocycles. The molecular formula is C14H22O2. The smallest absolute Gasteiger partial charge is 0.303 e. The average Bonchev–Trinajstić information content (AvgIpc) is 2.74. The summed E-state index contributed by atoms with van der Waals surface area (Å²) in [5.41, 5.74) is 0. The highest BCUT2D eigenvalue weighted by Crippen LogP contribution is 2.21. The van der Waals surface area contributed by atoms with Gasteiger partial charge in [-0.25, -0.2) is 0 Å². The predicted molar refractivity (Wildman–Crippen MR) is 66.3 cm³/mol. The first kappa shape index (κ1) is 13.0. The minimum absolute atomic E-state index is 0.306. The molecule has 1 N–H and O–H groups in total. The van der Waals surface area contributed by atoms with Crippen LogP contribution in [0.5, 0.6) is 0 Å². The third-order valence-corrected chi connectivity index (χ3v) is 2.99. The summed E-state index contributed by atoms with van der Waals surface area (Å²) in [6.45, 7) is 0. The maximum Gasteiger partial charge on any atom is 0.303 e. The molecule has 16 heavy (non-hydrogen) atoms. The molecule has 0 unspecified atom stereocenters. The fraction of sp³-hybridized carbons (Fsp3) is 0.643. The van der Waals surface area contributed by atoms with E-state index >= 15 is 0 Å². The quantitative estimate of drug-likeness (QED) is 0.499. The van der Waals surface area contributed by atoms with Gasteiger partial charge in [0, 0.05) is 6.42 Å². The second-order valence-electron chi connectivity index (χ2n) is 4.45. The summed E-state index contributed by atoms with van der Waals surface area (Å²) in [5.74, 6) is 0.119. The molecule has 2 nitrogen and oxygen atoms in total. The monoisotopic (exact) mass is 222 g/mol. The molecular weight excluding hydrogens is 200 g/mol. The van der Waals surface area contributed by atoms with E-state index in [2.05, 4.69) is 24.3 Å². The molecule has 0 fully saturated rings. The van der Waals surface area contributed by atoms with E-state index in [0.29, 0.717) is 6.42 Å². The van der Waals surface area contributed by atoms with Crippen molar-refractivity contribution in [3.63, 3.8) is 0 Å². The number of hydrogen-bond donors (Lipinski definition) is 1. The van der Waals surface area contributed by atoms with Crippen LogP contribution < -0.4 is 0 Å². The molecule has 1 aliphatic rings. The molecule has 90 valence electrons. The van der Waals surface area contributed by atoms with Crippen molar-refractivity contribution in [2.75, 3.05) is 0 Å². The van der Waals surface area contributed by atoms with Gasteiger partial charge in [-0.2, -0.15) is 0 Å². The van der Waals surface area contributed by atoms with Gasteiger partial charge in [0.25, 0.3) is 0 Å². The lowest BCUT2D eigenvalue weighted by atomic mass is 10.0. The molecule has 0 saturated heterocycles. The summed E-state index contributed by atoms with van der Waals surface area (Å²) >= 11 is 0. The zero-order chi connectivity index (χ0) is 11.6. The van der Waals surface area contributed by atoms with Crippen LogP contribution in [0.4, 0.5) is 0 Å². The first-order chi connectivity index (χ1) is 7.79. The predicted octanol–water partition coefficient (Wildman–Crippen LogP) is 3.93. The second kappa shape index (κ2) is 8.14. The van der Waals surface area contributed by atoms with Crippen molar-refractivity contribution in [1.82, 2.24) is 0 Å². The van der Waals surface area contributed by atoms with Gasteiger partial charge in [-0.15, -0.1) is 0 Å². The summed E-state index contributed by atoms with van der Waals surface area (Å²) in [6.07, 6.45) is 17.2. The van der Waals surface area contributed by atoms with Crippen molar-refractivity contribution < 1.29 is 9.90 Å². The van der Waals surface area contributed by atoms with Crippen LogP contribution in [0.3, 0.4) is 0 Å². The molecule has 0 saturated carbocycles. The molecule has 2 heteroatoms. The SMILES string of the molecule is O=C(O)CCCCC=CCC[C@H]1C=CCC1. The zero-order valence-electron chi connectivity index (χ0n) is 9.90. The van der Waals surface area contributed by atoms with Gasteiger partial charge >= 0.3 is 5.97 Å². The molecule has 0 spiro atoms. The maximum atomic E-state index is 10.3. The van der Waals surface area contributed by atoms with Crippen molar-refractivity contribution in [2.45, 2.75) is 51.4 Å². The third kappa shape index (κ3) is 6.44. The van der Waals surface area contributed by atoms with Gasteiger partial charge < -0.3 is 5.11 Å². The Morgan fingerprint density at radius 3 is 2.81 bits per heavy atom. The number of carboxylic acids is 1. The molecule has 0 bridgehead atoms. The molecule has 0 heterocycles. The van der Waals surface area contributed by atoms with Gasteiger partial charge in [0.1, 0.15) is 0 Å². The van der Waals surface area contributed by atoms with E-state index in [1.807, 2.05) is 0 Å². The van der Waals surface area contributed by atoms with E-state index < -0.39 is 5.97 Å². The van der Waals surface area contributed by atoms with Crippen LogP contribution in [0.25, 0.3) is 0 Å². The summed E-state index contributed by atoms with van der Waals surface area (Å²) in [5, 5.41) is 8.45. The number of carbonyl (C=O) groups is 1. The van der Waals surface area contributed by atoms with E-state index in [0.717, 1.165) is 31.6 Å². The Morgan fingerprint density at radius 2 is 2.12 bits per heavy atom. The van der Waals surface area contributed by atoms with Crippen molar-refractivity contribution in [2.24, 2.45) is 5.92 Å². The number of aliphatic carboxylic acids is 1. The molecule has 0 aromatic heterocycles. The molecule has 1 atom stereocenters. The fourth-order valence-corrected chi connectivity index (χ4v) is 2.02. The first-order valence-corrected chi connectivity index (χ1v) is 6.32. The highest BCUT2D eigenvalue weighted by atomic mass is 16.4. The van der Waals surface area contributed by atoms with E-state index in [-0.39, 0.29) is 0 Å². The van der Waals surface area contributed by atoms with E-state index in [4.69, 9.17) is 5.11 Å². The van der Waals surface area contributed by atoms with Crippen LogP contribution in [-0.2, 0) is 4.79 Å². The average molecular weight is 222 g/mol. The molecule has 1 aliphatic carbocycles. The number of carboxylic acid groups (broad SMARTS) is 1. The Labute approximate surface area is 98.1 Å². The zero-order valence-corrected chi connectivity index (χ0v) is 9.90. The first-order valence-electron chi connectivity index (χ1n) is 6.32. The number of unbranched alkanes of at least 4 members (excludes halogenated alkanes) is 2. The fourth-order valence-electron chi connectivity index (χ4n) is 2.02. The Balaban J connectivity index is 1.88. The van der Waals surface area contributed by atoms with Gasteiger partial charge in [0.15, 0.2) is 0 Å². The summed E-state index contributed by atoms with van der Waals surface area (Å²) in [7, 11) is 0. The van der Waals surface area contributed by atoms with Crippen molar-refractivity contribution in [1.29, 1.82) is 0 Å². The van der Waals surface area contributed by atoms with Gasteiger partial charge in [-0.1, -0.05) is 24.3 Å². The number of allylic oxidation sites excluding steroid dienone is 4. The van der Waals surface area contributed by atoms with Crippen molar-refractivity contribution in [3.8, 4) is 0 Å². The lowest BCUT2D eigenvalue weighted by Crippen LogP contribution is -1.93. The van der Waals surface area contributed by atoms with Crippen molar-refractivity contribution >= 4 is 5.97 Å². The second-order valence-corrected chi connectivity index (χ2v) is 4.45. The number of rotatable bonds is 8. The van der Waals surface area contributed by atoms with Gasteiger partial charge in [-0.05, 0) is 50.9 Å². The molecule has 0 amide bonds. The third-order valence-electron chi connectivity index (χ3n) is 2.99. The summed E-state index contributed by atoms with van der Waals surface area (Å²) in [4.78, 5) is 10.3. The Morgan fingerprint density at radius 1 is 1.31 bits per heavy atom. The minimum atomic E-state index is -0.683. The van der Waals surface area contributed by atoms with Crippen LogP contribution >= 0.6 is 0 Å². The van der Waals surface area contributed by atoms with Crippen molar-refractivity contribution in [3.05, 3.63) is 24.3 Å². The molecule has 0 aromatic rings. The van der Waals surface area contributed by atoms with Gasteiger partial charge in [0.2, 0.25) is 0 Å². The maximum absolute atomic E-state index is 10.3. The van der Waals surface area contributed by atoms with Crippen LogP contribution in [-0.4, -0.2) is 11.1 Å².